The van der Waals surface area contributed by atoms with Crippen molar-refractivity contribution in [3.63, 3.8) is 0 Å². The number of hydrogen-bond donors (Lipinski definition) is 1. The number of nitrogens with zero attached hydrogens (tertiary/aromatic N) is 5. The molecule has 0 radical (unpaired) electrons. The number of fused-ring (bicyclic) bond motifs is 1. The number of likely N-dealkylation sites (tertiary alicyclic amines) is 1. The highest BCUT2D eigenvalue weighted by molar-refractivity contribution is 5.78. The van der Waals surface area contributed by atoms with Crippen LogP contribution in [0.2, 0.25) is 0 Å². The molecule has 1 aromatic carbocycles. The zero-order chi connectivity index (χ0) is 31.9. The molecule has 2 atom stereocenters. The van der Waals surface area contributed by atoms with Gasteiger partial charge in [-0.15, -0.1) is 0 Å². The van der Waals surface area contributed by atoms with Gasteiger partial charge in [0, 0.05) is 38.3 Å². The summed E-state index contributed by atoms with van der Waals surface area (Å²) in [7, 11) is 1.64. The smallest absolute Gasteiger partial charge is 0.407 e. The minimum absolute atomic E-state index is 0.00919. The number of aryl methyl sites for hydroxylation is 1. The maximum atomic E-state index is 14.2. The molecule has 1 fully saturated rings. The van der Waals surface area contributed by atoms with Gasteiger partial charge < -0.3 is 10.1 Å². The fraction of sp³-hybridized carbons (Fsp3) is 0.548. The van der Waals surface area contributed by atoms with Crippen LogP contribution >= 0.6 is 0 Å². The molecule has 9 nitrogen and oxygen atoms in total. The zero-order valence-corrected chi connectivity index (χ0v) is 25.7. The summed E-state index contributed by atoms with van der Waals surface area (Å²) in [4.78, 5) is 31.2. The quantitative estimate of drug-likeness (QED) is 0.401. The molecule has 232 valence electrons. The number of imidazole rings is 1. The lowest BCUT2D eigenvalue weighted by atomic mass is 9.95. The summed E-state index contributed by atoms with van der Waals surface area (Å²) in [6.45, 7) is 11.8. The van der Waals surface area contributed by atoms with Crippen LogP contribution in [0.4, 0.5) is 18.0 Å². The summed E-state index contributed by atoms with van der Waals surface area (Å²) >= 11 is 0. The second-order valence-corrected chi connectivity index (χ2v) is 13.4. The number of alkyl halides is 3. The molecule has 1 N–H and O–H groups in total. The Morgan fingerprint density at radius 2 is 1.84 bits per heavy atom. The van der Waals surface area contributed by atoms with Crippen LogP contribution in [0, 0.1) is 16.7 Å². The predicted molar refractivity (Wildman–Crippen MR) is 157 cm³/mol. The molecule has 2 aromatic heterocycles. The molecular formula is C31H39F3N6O3. The van der Waals surface area contributed by atoms with Gasteiger partial charge in [0.05, 0.1) is 22.8 Å². The van der Waals surface area contributed by atoms with Crippen molar-refractivity contribution in [1.29, 1.82) is 5.26 Å². The number of nitrogens with one attached hydrogen (secondary N) is 1. The van der Waals surface area contributed by atoms with Gasteiger partial charge in [-0.3, -0.25) is 14.0 Å². The van der Waals surface area contributed by atoms with E-state index in [0.29, 0.717) is 46.5 Å². The second kappa shape index (κ2) is 11.7. The van der Waals surface area contributed by atoms with Crippen molar-refractivity contribution < 1.29 is 22.7 Å². The molecule has 3 aromatic rings. The van der Waals surface area contributed by atoms with E-state index in [1.165, 1.54) is 9.47 Å². The lowest BCUT2D eigenvalue weighted by Gasteiger charge is -2.40. The summed E-state index contributed by atoms with van der Waals surface area (Å²) in [5, 5.41) is 12.4. The monoisotopic (exact) mass is 600 g/mol. The van der Waals surface area contributed by atoms with E-state index in [4.69, 9.17) is 9.72 Å². The van der Waals surface area contributed by atoms with Gasteiger partial charge >= 0.3 is 18.0 Å². The number of rotatable bonds is 5. The summed E-state index contributed by atoms with van der Waals surface area (Å²) in [5.41, 5.74) is 1.84. The van der Waals surface area contributed by atoms with Crippen molar-refractivity contribution in [2.45, 2.75) is 91.3 Å². The molecule has 1 aliphatic rings. The molecule has 12 heteroatoms. The molecule has 0 saturated carbocycles. The van der Waals surface area contributed by atoms with Gasteiger partial charge in [0.15, 0.2) is 5.65 Å². The molecule has 43 heavy (non-hydrogen) atoms. The Hall–Kier alpha value is -3.85. The van der Waals surface area contributed by atoms with E-state index in [1.807, 2.05) is 20.8 Å². The number of aromatic nitrogens is 3. The number of halogens is 3. The van der Waals surface area contributed by atoms with Crippen molar-refractivity contribution in [2.75, 3.05) is 6.54 Å². The van der Waals surface area contributed by atoms with Crippen LogP contribution in [0.3, 0.4) is 0 Å². The van der Waals surface area contributed by atoms with E-state index < -0.39 is 30.0 Å². The van der Waals surface area contributed by atoms with Gasteiger partial charge in [0.1, 0.15) is 11.6 Å². The first-order valence-electron chi connectivity index (χ1n) is 14.3. The molecule has 4 rings (SSSR count). The second-order valence-electron chi connectivity index (χ2n) is 13.4. The largest absolute Gasteiger partial charge is 0.444 e. The lowest BCUT2D eigenvalue weighted by Crippen LogP contribution is -2.55. The van der Waals surface area contributed by atoms with Crippen molar-refractivity contribution in [2.24, 2.45) is 12.5 Å². The zero-order valence-electron chi connectivity index (χ0n) is 25.7. The molecule has 3 heterocycles. The Morgan fingerprint density at radius 1 is 1.14 bits per heavy atom. The van der Waals surface area contributed by atoms with Crippen LogP contribution in [-0.4, -0.2) is 55.5 Å². The van der Waals surface area contributed by atoms with Crippen molar-refractivity contribution in [3.05, 3.63) is 51.9 Å². The number of pyridine rings is 1. The Bertz CT molecular complexity index is 1600. The third-order valence-electron chi connectivity index (χ3n) is 7.29. The minimum Gasteiger partial charge on any atom is -0.444 e. The Labute approximate surface area is 249 Å². The molecule has 0 unspecified atom stereocenters. The van der Waals surface area contributed by atoms with Crippen LogP contribution in [0.15, 0.2) is 35.1 Å². The molecule has 1 saturated heterocycles. The number of piperidine rings is 1. The Morgan fingerprint density at radius 3 is 2.44 bits per heavy atom. The molecule has 0 bridgehead atoms. The Kier molecular flexibility index (Phi) is 8.71. The number of benzene rings is 1. The van der Waals surface area contributed by atoms with Gasteiger partial charge in [-0.25, -0.2) is 14.6 Å². The van der Waals surface area contributed by atoms with Crippen LogP contribution in [0.1, 0.15) is 65.5 Å². The van der Waals surface area contributed by atoms with E-state index in [1.54, 1.807) is 62.7 Å². The topological polar surface area (TPSA) is 105 Å². The van der Waals surface area contributed by atoms with Crippen LogP contribution in [-0.2, 0) is 24.9 Å². The third-order valence-corrected chi connectivity index (χ3v) is 7.29. The van der Waals surface area contributed by atoms with Crippen LogP contribution in [0.25, 0.3) is 22.4 Å². The van der Waals surface area contributed by atoms with Gasteiger partial charge in [0.25, 0.3) is 0 Å². The number of amides is 1. The average molecular weight is 601 g/mol. The first kappa shape index (κ1) is 32.1. The highest BCUT2D eigenvalue weighted by Crippen LogP contribution is 2.34. The minimum atomic E-state index is -4.51. The van der Waals surface area contributed by atoms with Crippen LogP contribution < -0.4 is 11.0 Å². The first-order valence-corrected chi connectivity index (χ1v) is 14.3. The van der Waals surface area contributed by atoms with Gasteiger partial charge in [-0.1, -0.05) is 26.8 Å². The van der Waals surface area contributed by atoms with E-state index in [0.717, 1.165) is 0 Å². The van der Waals surface area contributed by atoms with Gasteiger partial charge in [-0.05, 0) is 68.9 Å². The van der Waals surface area contributed by atoms with Crippen molar-refractivity contribution in [3.8, 4) is 17.3 Å². The summed E-state index contributed by atoms with van der Waals surface area (Å²) in [5.74, 6) is 0. The Balaban J connectivity index is 1.61. The highest BCUT2D eigenvalue weighted by atomic mass is 19.4. The number of ether oxygens (including phenoxy) is 1. The molecule has 1 amide bonds. The number of carbonyl (C=O) groups is 1. The maximum absolute atomic E-state index is 14.2. The summed E-state index contributed by atoms with van der Waals surface area (Å²) < 4.78 is 50.9. The van der Waals surface area contributed by atoms with E-state index in [9.17, 15) is 28.0 Å². The van der Waals surface area contributed by atoms with Crippen molar-refractivity contribution in [1.82, 2.24) is 24.3 Å². The highest BCUT2D eigenvalue weighted by Gasteiger charge is 2.47. The number of nitriles is 1. The maximum Gasteiger partial charge on any atom is 0.407 e. The molecule has 1 aliphatic heterocycles. The van der Waals surface area contributed by atoms with E-state index in [-0.39, 0.29) is 30.6 Å². The summed E-state index contributed by atoms with van der Waals surface area (Å²) in [6.07, 6.45) is -5.23. The molecule has 0 aliphatic carbocycles. The fourth-order valence-electron chi connectivity index (χ4n) is 5.43. The van der Waals surface area contributed by atoms with Gasteiger partial charge in [-0.2, -0.15) is 18.4 Å². The van der Waals surface area contributed by atoms with Crippen molar-refractivity contribution >= 4 is 17.3 Å². The summed E-state index contributed by atoms with van der Waals surface area (Å²) in [6, 6.07) is 8.14. The predicted octanol–water partition coefficient (Wildman–Crippen LogP) is 5.74. The lowest BCUT2D eigenvalue weighted by molar-refractivity contribution is -0.195. The standard InChI is InChI=1S/C31H39F3N6O3/c1-29(2,3)18-40-24-11-10-23(37-26(24)38(7)28(40)42)22-14-19(8-9-20(22)16-35)17-39-13-12-21(15-25(39)31(32,33)34)36-27(41)43-30(4,5)6/h8-11,14,21,25H,12-13,15,17-18H2,1-7H3,(H,36,41)/t21-,25-/m0/s1. The number of carbonyl (C=O) groups excluding carboxylic acids is 1. The molecular weight excluding hydrogens is 561 g/mol. The first-order chi connectivity index (χ1) is 19.9. The van der Waals surface area contributed by atoms with E-state index >= 15 is 0 Å². The van der Waals surface area contributed by atoms with Gasteiger partial charge in [0.2, 0.25) is 0 Å². The number of hydrogen-bond acceptors (Lipinski definition) is 6. The molecule has 0 spiro atoms. The number of alkyl carbamates (subject to hydrolysis) is 1. The van der Waals surface area contributed by atoms with E-state index in [2.05, 4.69) is 11.4 Å². The fourth-order valence-corrected chi connectivity index (χ4v) is 5.43. The normalized spacial score (nSPS) is 18.4. The third kappa shape index (κ3) is 7.57. The average Bonchev–Trinajstić information content (AvgIpc) is 3.11. The van der Waals surface area contributed by atoms with Crippen LogP contribution in [0.5, 0.6) is 0 Å². The SMILES string of the molecule is Cn1c(=O)n(CC(C)(C)C)c2ccc(-c3cc(CN4CC[C@H](NC(=O)OC(C)(C)C)C[C@H]4C(F)(F)F)ccc3C#N)nc21.